The van der Waals surface area contributed by atoms with Crippen molar-refractivity contribution in [2.24, 2.45) is 5.73 Å². The molecule has 120 valence electrons. The number of benzene rings is 1. The Morgan fingerprint density at radius 1 is 1.17 bits per heavy atom. The molecule has 0 aliphatic carbocycles. The number of rotatable bonds is 4. The Balaban J connectivity index is 2.05. The Morgan fingerprint density at radius 3 is 2.58 bits per heavy atom. The van der Waals surface area contributed by atoms with Gasteiger partial charge in [-0.3, -0.25) is 10.1 Å². The molecule has 3 aromatic rings. The number of nitrogens with one attached hydrogen (secondary N) is 2. The minimum absolute atomic E-state index is 0.213. The molecule has 0 atom stereocenters. The van der Waals surface area contributed by atoms with Gasteiger partial charge < -0.3 is 15.8 Å². The van der Waals surface area contributed by atoms with E-state index in [2.05, 4.69) is 15.3 Å². The zero-order chi connectivity index (χ0) is 17.1. The number of H-pyrrole nitrogens is 1. The molecule has 1 aromatic carbocycles. The van der Waals surface area contributed by atoms with Crippen LogP contribution in [-0.2, 0) is 4.79 Å². The van der Waals surface area contributed by atoms with Crippen molar-refractivity contribution in [1.82, 2.24) is 9.97 Å². The van der Waals surface area contributed by atoms with Gasteiger partial charge in [0.15, 0.2) is 0 Å². The zero-order valence-corrected chi connectivity index (χ0v) is 12.5. The van der Waals surface area contributed by atoms with Gasteiger partial charge in [0.05, 0.1) is 0 Å². The van der Waals surface area contributed by atoms with Gasteiger partial charge in [-0.05, 0) is 23.8 Å². The van der Waals surface area contributed by atoms with Gasteiger partial charge in [-0.15, -0.1) is 0 Å². The number of anilines is 1. The molecule has 0 saturated carbocycles. The number of carboxylic acid groups (broad SMARTS) is 1. The molecule has 0 radical (unpaired) electrons. The molecule has 0 spiro atoms. The van der Waals surface area contributed by atoms with E-state index in [1.807, 2.05) is 18.2 Å². The number of nitrogens with zero attached hydrogens (tertiary/aromatic N) is 1. The third-order valence-corrected chi connectivity index (χ3v) is 3.46. The molecule has 0 aliphatic heterocycles. The summed E-state index contributed by atoms with van der Waals surface area (Å²) >= 11 is 0. The highest BCUT2D eigenvalue weighted by Gasteiger charge is 2.11. The Bertz CT molecular complexity index is 945. The molecular formula is C17H14N4O3. The first-order chi connectivity index (χ1) is 11.5. The maximum Gasteiger partial charge on any atom is 0.410 e. The average molecular weight is 322 g/mol. The van der Waals surface area contributed by atoms with Crippen LogP contribution in [0.15, 0.2) is 48.7 Å². The lowest BCUT2D eigenvalue weighted by Gasteiger charge is -2.03. The standard InChI is InChI=1S/C17H14N4O3/c18-15(22)13(10-4-2-1-3-5-10)8-11-9-19-16-12(11)6-7-14(20-16)21-17(23)24/h1-9H,(H2,18,22)(H,23,24)(H2,19,20,21). The van der Waals surface area contributed by atoms with E-state index in [0.717, 1.165) is 16.5 Å². The van der Waals surface area contributed by atoms with Crippen molar-refractivity contribution in [2.45, 2.75) is 0 Å². The Kier molecular flexibility index (Phi) is 3.98. The van der Waals surface area contributed by atoms with Gasteiger partial charge in [-0.25, -0.2) is 9.78 Å². The molecule has 0 bridgehead atoms. The normalized spacial score (nSPS) is 11.4. The Morgan fingerprint density at radius 2 is 1.92 bits per heavy atom. The molecule has 7 nitrogen and oxygen atoms in total. The van der Waals surface area contributed by atoms with Gasteiger partial charge in [0.1, 0.15) is 11.5 Å². The maximum atomic E-state index is 11.8. The van der Waals surface area contributed by atoms with Gasteiger partial charge in [-0.1, -0.05) is 30.3 Å². The monoisotopic (exact) mass is 322 g/mol. The van der Waals surface area contributed by atoms with E-state index in [0.29, 0.717) is 11.2 Å². The summed E-state index contributed by atoms with van der Waals surface area (Å²) in [5.74, 6) is -0.321. The summed E-state index contributed by atoms with van der Waals surface area (Å²) in [7, 11) is 0. The summed E-state index contributed by atoms with van der Waals surface area (Å²) < 4.78 is 0. The van der Waals surface area contributed by atoms with Crippen LogP contribution < -0.4 is 11.1 Å². The number of amides is 2. The van der Waals surface area contributed by atoms with Crippen LogP contribution in [-0.4, -0.2) is 27.1 Å². The summed E-state index contributed by atoms with van der Waals surface area (Å²) in [6.45, 7) is 0. The smallest absolute Gasteiger partial charge is 0.410 e. The second kappa shape index (κ2) is 6.25. The van der Waals surface area contributed by atoms with Gasteiger partial charge in [0.2, 0.25) is 5.91 Å². The highest BCUT2D eigenvalue weighted by atomic mass is 16.4. The summed E-state index contributed by atoms with van der Waals surface area (Å²) in [5, 5.41) is 11.7. The van der Waals surface area contributed by atoms with Crippen molar-refractivity contribution >= 4 is 40.5 Å². The van der Waals surface area contributed by atoms with Gasteiger partial charge >= 0.3 is 6.09 Å². The molecule has 5 N–H and O–H groups in total. The van der Waals surface area contributed by atoms with Crippen molar-refractivity contribution in [1.29, 1.82) is 0 Å². The quantitative estimate of drug-likeness (QED) is 0.552. The molecule has 2 amide bonds. The molecule has 3 rings (SSSR count). The van der Waals surface area contributed by atoms with E-state index in [9.17, 15) is 9.59 Å². The van der Waals surface area contributed by atoms with Crippen molar-refractivity contribution < 1.29 is 14.7 Å². The molecule has 0 fully saturated rings. The van der Waals surface area contributed by atoms with Crippen LogP contribution in [0.5, 0.6) is 0 Å². The molecule has 0 saturated heterocycles. The summed E-state index contributed by atoms with van der Waals surface area (Å²) in [4.78, 5) is 29.6. The van der Waals surface area contributed by atoms with Crippen LogP contribution in [0, 0.1) is 0 Å². The Labute approximate surface area is 136 Å². The summed E-state index contributed by atoms with van der Waals surface area (Å²) in [6.07, 6.45) is 2.19. The second-order valence-electron chi connectivity index (χ2n) is 5.06. The fourth-order valence-corrected chi connectivity index (χ4v) is 2.39. The number of pyridine rings is 1. The average Bonchev–Trinajstić information content (AvgIpc) is 2.94. The van der Waals surface area contributed by atoms with Crippen molar-refractivity contribution in [2.75, 3.05) is 5.32 Å². The predicted molar refractivity (Wildman–Crippen MR) is 91.2 cm³/mol. The van der Waals surface area contributed by atoms with Gasteiger partial charge in [0, 0.05) is 22.7 Å². The van der Waals surface area contributed by atoms with E-state index in [-0.39, 0.29) is 5.82 Å². The topological polar surface area (TPSA) is 121 Å². The number of carbonyl (C=O) groups excluding carboxylic acids is 1. The lowest BCUT2D eigenvalue weighted by molar-refractivity contribution is -0.112. The number of primary amides is 1. The lowest BCUT2D eigenvalue weighted by atomic mass is 10.0. The van der Waals surface area contributed by atoms with E-state index in [4.69, 9.17) is 10.8 Å². The van der Waals surface area contributed by atoms with Crippen molar-refractivity contribution in [3.8, 4) is 0 Å². The van der Waals surface area contributed by atoms with E-state index >= 15 is 0 Å². The number of hydrogen-bond acceptors (Lipinski definition) is 3. The maximum absolute atomic E-state index is 11.8. The first-order valence-electron chi connectivity index (χ1n) is 7.09. The van der Waals surface area contributed by atoms with Crippen molar-refractivity contribution in [3.05, 3.63) is 59.8 Å². The van der Waals surface area contributed by atoms with Crippen LogP contribution in [0.4, 0.5) is 10.6 Å². The minimum Gasteiger partial charge on any atom is -0.465 e. The van der Waals surface area contributed by atoms with Crippen LogP contribution in [0.1, 0.15) is 11.1 Å². The highest BCUT2D eigenvalue weighted by Crippen LogP contribution is 2.24. The molecule has 2 aromatic heterocycles. The molecule has 24 heavy (non-hydrogen) atoms. The number of hydrogen-bond donors (Lipinski definition) is 4. The van der Waals surface area contributed by atoms with E-state index < -0.39 is 12.0 Å². The third-order valence-electron chi connectivity index (χ3n) is 3.46. The fraction of sp³-hybridized carbons (Fsp3) is 0. The molecule has 0 aliphatic rings. The molecule has 0 unspecified atom stereocenters. The van der Waals surface area contributed by atoms with E-state index in [1.165, 1.54) is 0 Å². The zero-order valence-electron chi connectivity index (χ0n) is 12.5. The summed E-state index contributed by atoms with van der Waals surface area (Å²) in [6, 6.07) is 12.4. The number of aromatic nitrogens is 2. The Hall–Kier alpha value is -3.61. The van der Waals surface area contributed by atoms with Crippen molar-refractivity contribution in [3.63, 3.8) is 0 Å². The lowest BCUT2D eigenvalue weighted by Crippen LogP contribution is -2.12. The van der Waals surface area contributed by atoms with Gasteiger partial charge in [0.25, 0.3) is 0 Å². The SMILES string of the molecule is NC(=O)C(=Cc1c[nH]c2nc(NC(=O)O)ccc12)c1ccccc1. The summed E-state index contributed by atoms with van der Waals surface area (Å²) in [5.41, 5.74) is 7.84. The first-order valence-corrected chi connectivity index (χ1v) is 7.09. The number of fused-ring (bicyclic) bond motifs is 1. The number of carbonyl (C=O) groups is 2. The molecule has 7 heteroatoms. The van der Waals surface area contributed by atoms with Crippen LogP contribution in [0.3, 0.4) is 0 Å². The number of aromatic amines is 1. The molecule has 2 heterocycles. The van der Waals surface area contributed by atoms with Crippen LogP contribution in [0.2, 0.25) is 0 Å². The highest BCUT2D eigenvalue weighted by molar-refractivity contribution is 6.24. The minimum atomic E-state index is -1.19. The predicted octanol–water partition coefficient (Wildman–Crippen LogP) is 2.68. The molecular weight excluding hydrogens is 308 g/mol. The van der Waals surface area contributed by atoms with Gasteiger partial charge in [-0.2, -0.15) is 0 Å². The largest absolute Gasteiger partial charge is 0.465 e. The fourth-order valence-electron chi connectivity index (χ4n) is 2.39. The van der Waals surface area contributed by atoms with Crippen LogP contribution >= 0.6 is 0 Å². The van der Waals surface area contributed by atoms with E-state index in [1.54, 1.807) is 36.5 Å². The van der Waals surface area contributed by atoms with Crippen LogP contribution in [0.25, 0.3) is 22.7 Å². The first kappa shape index (κ1) is 15.3. The number of nitrogens with two attached hydrogens (primary N) is 1. The third kappa shape index (κ3) is 3.09. The second-order valence-corrected chi connectivity index (χ2v) is 5.06.